The lowest BCUT2D eigenvalue weighted by Crippen LogP contribution is -2.51. The van der Waals surface area contributed by atoms with Crippen LogP contribution in [-0.4, -0.2) is 74.3 Å². The molecule has 156 valence electrons. The number of hydrogen-bond donors (Lipinski definition) is 2. The zero-order valence-electron chi connectivity index (χ0n) is 15.9. The highest BCUT2D eigenvalue weighted by atomic mass is 19.4. The first kappa shape index (κ1) is 22.0. The first-order valence-electron chi connectivity index (χ1n) is 8.89. The van der Waals surface area contributed by atoms with E-state index in [1.54, 1.807) is 12.4 Å². The van der Waals surface area contributed by atoms with Crippen LogP contribution in [0.5, 0.6) is 5.75 Å². The summed E-state index contributed by atoms with van der Waals surface area (Å²) < 4.78 is 41.5. The number of imide groups is 1. The van der Waals surface area contributed by atoms with Crippen molar-refractivity contribution in [3.63, 3.8) is 0 Å². The van der Waals surface area contributed by atoms with E-state index in [4.69, 9.17) is 4.74 Å². The molecule has 0 aromatic heterocycles. The quantitative estimate of drug-likeness (QED) is 0.755. The van der Waals surface area contributed by atoms with Gasteiger partial charge in [-0.15, -0.1) is 0 Å². The minimum atomic E-state index is -4.52. The highest BCUT2D eigenvalue weighted by Crippen LogP contribution is 2.22. The number of nitrogens with zero attached hydrogens (tertiary/aromatic N) is 2. The minimum Gasteiger partial charge on any atom is -0.496 e. The van der Waals surface area contributed by atoms with Crippen molar-refractivity contribution >= 4 is 11.9 Å². The fraction of sp³-hybridized carbons (Fsp3) is 0.556. The molecule has 1 saturated heterocycles. The Bertz CT molecular complexity index is 689. The second kappa shape index (κ2) is 9.74. The number of carbonyl (C=O) groups excluding carboxylic acids is 2. The molecule has 28 heavy (non-hydrogen) atoms. The van der Waals surface area contributed by atoms with Gasteiger partial charge in [-0.1, -0.05) is 17.7 Å². The molecule has 1 aromatic carbocycles. The SMILES string of the molecule is COc1ccc(C)cc1CN1CCN(CC(=O)NC(=O)NCC(F)(F)F)CC1. The molecule has 0 atom stereocenters. The Morgan fingerprint density at radius 1 is 1.14 bits per heavy atom. The lowest BCUT2D eigenvalue weighted by molar-refractivity contribution is -0.125. The van der Waals surface area contributed by atoms with Gasteiger partial charge < -0.3 is 10.1 Å². The molecule has 0 saturated carbocycles. The van der Waals surface area contributed by atoms with E-state index >= 15 is 0 Å². The number of piperazine rings is 1. The van der Waals surface area contributed by atoms with Gasteiger partial charge in [0.2, 0.25) is 5.91 Å². The number of amides is 3. The van der Waals surface area contributed by atoms with Gasteiger partial charge in [0.25, 0.3) is 0 Å². The van der Waals surface area contributed by atoms with Crippen LogP contribution >= 0.6 is 0 Å². The Kier molecular flexibility index (Phi) is 7.64. The highest BCUT2D eigenvalue weighted by molar-refractivity contribution is 5.95. The average Bonchev–Trinajstić information content (AvgIpc) is 2.61. The number of benzene rings is 1. The molecule has 3 amide bonds. The summed E-state index contributed by atoms with van der Waals surface area (Å²) in [4.78, 5) is 27.2. The zero-order chi connectivity index (χ0) is 20.7. The molecule has 0 unspecified atom stereocenters. The van der Waals surface area contributed by atoms with E-state index in [1.807, 2.05) is 29.3 Å². The number of carbonyl (C=O) groups is 2. The summed E-state index contributed by atoms with van der Waals surface area (Å²) in [6.07, 6.45) is -4.52. The Morgan fingerprint density at radius 2 is 1.79 bits per heavy atom. The molecule has 2 rings (SSSR count). The Balaban J connectivity index is 1.74. The summed E-state index contributed by atoms with van der Waals surface area (Å²) in [7, 11) is 1.63. The molecule has 0 bridgehead atoms. The minimum absolute atomic E-state index is 0.0406. The Hall–Kier alpha value is -2.33. The van der Waals surface area contributed by atoms with E-state index in [1.165, 1.54) is 0 Å². The van der Waals surface area contributed by atoms with Gasteiger partial charge in [0.1, 0.15) is 12.3 Å². The summed E-state index contributed by atoms with van der Waals surface area (Å²) in [6.45, 7) is 3.91. The average molecular weight is 402 g/mol. The Labute approximate surface area is 161 Å². The Morgan fingerprint density at radius 3 is 2.39 bits per heavy atom. The van der Waals surface area contributed by atoms with Crippen LogP contribution in [0.3, 0.4) is 0 Å². The number of nitrogens with one attached hydrogen (secondary N) is 2. The third-order valence-corrected chi connectivity index (χ3v) is 4.36. The maximum absolute atomic E-state index is 12.0. The van der Waals surface area contributed by atoms with Crippen molar-refractivity contribution in [2.24, 2.45) is 0 Å². The van der Waals surface area contributed by atoms with Gasteiger partial charge >= 0.3 is 12.2 Å². The van der Waals surface area contributed by atoms with Gasteiger partial charge in [-0.05, 0) is 13.0 Å². The summed E-state index contributed by atoms with van der Waals surface area (Å²) >= 11 is 0. The zero-order valence-corrected chi connectivity index (χ0v) is 15.9. The van der Waals surface area contributed by atoms with Crippen molar-refractivity contribution in [1.82, 2.24) is 20.4 Å². The van der Waals surface area contributed by atoms with E-state index in [2.05, 4.69) is 11.0 Å². The van der Waals surface area contributed by atoms with Crippen molar-refractivity contribution in [1.29, 1.82) is 0 Å². The fourth-order valence-corrected chi connectivity index (χ4v) is 2.97. The first-order valence-corrected chi connectivity index (χ1v) is 8.89. The van der Waals surface area contributed by atoms with Crippen LogP contribution in [0.1, 0.15) is 11.1 Å². The predicted octanol–water partition coefficient (Wildman–Crippen LogP) is 1.51. The van der Waals surface area contributed by atoms with Gasteiger partial charge in [-0.25, -0.2) is 4.79 Å². The van der Waals surface area contributed by atoms with Crippen molar-refractivity contribution in [3.8, 4) is 5.75 Å². The highest BCUT2D eigenvalue weighted by Gasteiger charge is 2.28. The van der Waals surface area contributed by atoms with Crippen molar-refractivity contribution in [2.75, 3.05) is 46.4 Å². The third kappa shape index (κ3) is 7.35. The molecule has 2 N–H and O–H groups in total. The van der Waals surface area contributed by atoms with Gasteiger partial charge in [0.05, 0.1) is 13.7 Å². The van der Waals surface area contributed by atoms with Gasteiger partial charge in [0, 0.05) is 38.3 Å². The molecule has 0 aliphatic carbocycles. The largest absolute Gasteiger partial charge is 0.496 e. The lowest BCUT2D eigenvalue weighted by atomic mass is 10.1. The molecule has 1 aliphatic heterocycles. The van der Waals surface area contributed by atoms with Crippen molar-refractivity contribution in [3.05, 3.63) is 29.3 Å². The topological polar surface area (TPSA) is 73.9 Å². The molecule has 0 radical (unpaired) electrons. The van der Waals surface area contributed by atoms with E-state index in [9.17, 15) is 22.8 Å². The summed E-state index contributed by atoms with van der Waals surface area (Å²) in [6, 6.07) is 4.87. The summed E-state index contributed by atoms with van der Waals surface area (Å²) in [5, 5.41) is 3.52. The monoisotopic (exact) mass is 402 g/mol. The lowest BCUT2D eigenvalue weighted by Gasteiger charge is -2.34. The molecule has 7 nitrogen and oxygen atoms in total. The van der Waals surface area contributed by atoms with Crippen LogP contribution in [0.25, 0.3) is 0 Å². The number of hydrogen-bond acceptors (Lipinski definition) is 5. The number of halogens is 3. The number of alkyl halides is 3. The maximum atomic E-state index is 12.0. The summed E-state index contributed by atoms with van der Waals surface area (Å²) in [5.41, 5.74) is 2.24. The van der Waals surface area contributed by atoms with Gasteiger partial charge in [0.15, 0.2) is 0 Å². The molecule has 0 spiro atoms. The fourth-order valence-electron chi connectivity index (χ4n) is 2.97. The van der Waals surface area contributed by atoms with Crippen LogP contribution in [-0.2, 0) is 11.3 Å². The third-order valence-electron chi connectivity index (χ3n) is 4.36. The van der Waals surface area contributed by atoms with Crippen LogP contribution in [0.15, 0.2) is 18.2 Å². The second-order valence-electron chi connectivity index (χ2n) is 6.71. The van der Waals surface area contributed by atoms with Gasteiger partial charge in [-0.3, -0.25) is 19.9 Å². The smallest absolute Gasteiger partial charge is 0.405 e. The second-order valence-corrected chi connectivity index (χ2v) is 6.71. The number of methoxy groups -OCH3 is 1. The van der Waals surface area contributed by atoms with Crippen LogP contribution in [0.2, 0.25) is 0 Å². The molecule has 1 heterocycles. The number of rotatable bonds is 6. The summed E-state index contributed by atoms with van der Waals surface area (Å²) in [5.74, 6) is 0.200. The van der Waals surface area contributed by atoms with E-state index in [0.29, 0.717) is 13.1 Å². The van der Waals surface area contributed by atoms with Crippen molar-refractivity contribution in [2.45, 2.75) is 19.6 Å². The van der Waals surface area contributed by atoms with Crippen LogP contribution in [0, 0.1) is 6.92 Å². The number of aryl methyl sites for hydroxylation is 1. The molecule has 10 heteroatoms. The molecule has 1 fully saturated rings. The van der Waals surface area contributed by atoms with Crippen molar-refractivity contribution < 1.29 is 27.5 Å². The maximum Gasteiger partial charge on any atom is 0.405 e. The van der Waals surface area contributed by atoms with E-state index in [0.717, 1.165) is 36.5 Å². The molecular weight excluding hydrogens is 377 g/mol. The molecule has 1 aromatic rings. The normalized spacial score (nSPS) is 15.9. The van der Waals surface area contributed by atoms with Gasteiger partial charge in [-0.2, -0.15) is 13.2 Å². The van der Waals surface area contributed by atoms with Crippen LogP contribution < -0.4 is 15.4 Å². The first-order chi connectivity index (χ1) is 13.2. The van der Waals surface area contributed by atoms with E-state index < -0.39 is 24.7 Å². The number of ether oxygens (including phenoxy) is 1. The number of urea groups is 1. The molecule has 1 aliphatic rings. The molecular formula is C18H25F3N4O3. The van der Waals surface area contributed by atoms with Crippen LogP contribution in [0.4, 0.5) is 18.0 Å². The standard InChI is InChI=1S/C18H25F3N4O3/c1-13-3-4-15(28-2)14(9-13)10-24-5-7-25(8-6-24)11-16(26)23-17(27)22-12-18(19,20)21/h3-4,9H,5-8,10-12H2,1-2H3,(H2,22,23,26,27). The van der Waals surface area contributed by atoms with E-state index in [-0.39, 0.29) is 6.54 Å². The predicted molar refractivity (Wildman–Crippen MR) is 97.0 cm³/mol.